The highest BCUT2D eigenvalue weighted by atomic mass is 31.2. The summed E-state index contributed by atoms with van der Waals surface area (Å²) in [5, 5.41) is 1.35. The summed E-state index contributed by atoms with van der Waals surface area (Å²) in [5.74, 6) is -0.823. The minimum atomic E-state index is -3.32. The van der Waals surface area contributed by atoms with Gasteiger partial charge >= 0.3 is 5.97 Å². The summed E-state index contributed by atoms with van der Waals surface area (Å²) in [7, 11) is -3.32. The summed E-state index contributed by atoms with van der Waals surface area (Å²) in [6.45, 7) is 2.29. The van der Waals surface area contributed by atoms with Crippen LogP contribution in [-0.2, 0) is 14.1 Å². The lowest BCUT2D eigenvalue weighted by Gasteiger charge is -2.35. The van der Waals surface area contributed by atoms with Crippen LogP contribution >= 0.6 is 7.29 Å². The molecule has 1 aliphatic rings. The predicted molar refractivity (Wildman–Crippen MR) is 120 cm³/mol. The molecule has 3 aromatic carbocycles. The van der Waals surface area contributed by atoms with Crippen LogP contribution in [0.15, 0.2) is 96.6 Å². The lowest BCUT2D eigenvalue weighted by atomic mass is 10.0. The molecular formula is C25H23FNO3P. The third kappa shape index (κ3) is 3.99. The lowest BCUT2D eigenvalue weighted by molar-refractivity contribution is -0.138. The van der Waals surface area contributed by atoms with Gasteiger partial charge in [0, 0.05) is 17.2 Å². The minimum absolute atomic E-state index is 0.237. The summed E-state index contributed by atoms with van der Waals surface area (Å²) >= 11 is 0. The molecule has 0 radical (unpaired) electrons. The van der Waals surface area contributed by atoms with E-state index < -0.39 is 19.3 Å². The fraction of sp³-hybridized carbons (Fsp3) is 0.160. The quantitative estimate of drug-likeness (QED) is 0.419. The average Bonchev–Trinajstić information content (AvgIpc) is 3.26. The Bertz CT molecular complexity index is 1090. The molecule has 0 spiro atoms. The van der Waals surface area contributed by atoms with Crippen molar-refractivity contribution in [2.45, 2.75) is 13.0 Å². The molecule has 1 unspecified atom stereocenters. The third-order valence-electron chi connectivity index (χ3n) is 5.36. The number of ether oxygens (including phenoxy) is 1. The molecule has 4 nitrogen and oxygen atoms in total. The molecule has 0 aromatic heterocycles. The third-order valence-corrected chi connectivity index (χ3v) is 8.48. The number of rotatable bonds is 6. The van der Waals surface area contributed by atoms with Crippen LogP contribution in [0.25, 0.3) is 0 Å². The first-order valence-electron chi connectivity index (χ1n) is 10.2. The van der Waals surface area contributed by atoms with Gasteiger partial charge in [-0.05, 0) is 48.9 Å². The van der Waals surface area contributed by atoms with Crippen LogP contribution in [0.5, 0.6) is 0 Å². The maximum absolute atomic E-state index is 14.9. The smallest absolute Gasteiger partial charge is 0.335 e. The van der Waals surface area contributed by atoms with E-state index in [0.29, 0.717) is 28.3 Å². The maximum Gasteiger partial charge on any atom is 0.335 e. The Labute approximate surface area is 181 Å². The molecule has 158 valence electrons. The fourth-order valence-electron chi connectivity index (χ4n) is 3.96. The molecule has 3 aromatic rings. The number of carbonyl (C=O) groups excluding carboxylic acids is 1. The Hall–Kier alpha value is -3.01. The number of hydrogen-bond donors (Lipinski definition) is 0. The average molecular weight is 435 g/mol. The Kier molecular flexibility index (Phi) is 6.17. The molecule has 1 aliphatic heterocycles. The Balaban J connectivity index is 1.89. The molecule has 6 heteroatoms. The molecule has 4 rings (SSSR count). The maximum atomic E-state index is 14.9. The molecule has 0 amide bonds. The molecule has 31 heavy (non-hydrogen) atoms. The summed E-state index contributed by atoms with van der Waals surface area (Å²) < 4.78 is 35.6. The summed E-state index contributed by atoms with van der Waals surface area (Å²) in [5.41, 5.74) is 1.10. The molecule has 0 saturated carbocycles. The van der Waals surface area contributed by atoms with E-state index in [1.807, 2.05) is 65.3 Å². The van der Waals surface area contributed by atoms with E-state index in [4.69, 9.17) is 4.74 Å². The minimum Gasteiger partial charge on any atom is -0.463 e. The first-order chi connectivity index (χ1) is 15.1. The van der Waals surface area contributed by atoms with Crippen molar-refractivity contribution in [3.8, 4) is 0 Å². The van der Waals surface area contributed by atoms with Gasteiger partial charge in [-0.15, -0.1) is 0 Å². The van der Waals surface area contributed by atoms with E-state index in [2.05, 4.69) is 0 Å². The van der Waals surface area contributed by atoms with E-state index in [-0.39, 0.29) is 12.4 Å². The molecule has 0 saturated heterocycles. The van der Waals surface area contributed by atoms with E-state index in [0.717, 1.165) is 0 Å². The van der Waals surface area contributed by atoms with Gasteiger partial charge in [0.2, 0.25) is 7.29 Å². The summed E-state index contributed by atoms with van der Waals surface area (Å²) in [4.78, 5) is 12.8. The van der Waals surface area contributed by atoms with Crippen molar-refractivity contribution in [3.63, 3.8) is 0 Å². The first-order valence-corrected chi connectivity index (χ1v) is 11.8. The second kappa shape index (κ2) is 9.01. The zero-order valence-electron chi connectivity index (χ0n) is 17.1. The largest absolute Gasteiger partial charge is 0.463 e. The van der Waals surface area contributed by atoms with Crippen molar-refractivity contribution in [1.82, 2.24) is 4.67 Å². The van der Waals surface area contributed by atoms with Crippen molar-refractivity contribution < 1.29 is 18.5 Å². The van der Waals surface area contributed by atoms with Gasteiger partial charge in [0.05, 0.1) is 18.2 Å². The van der Waals surface area contributed by atoms with E-state index in [1.54, 1.807) is 25.1 Å². The van der Waals surface area contributed by atoms with E-state index in [1.165, 1.54) is 12.1 Å². The van der Waals surface area contributed by atoms with Crippen LogP contribution in [0.4, 0.5) is 4.39 Å². The molecule has 0 aliphatic carbocycles. The van der Waals surface area contributed by atoms with Crippen LogP contribution in [-0.4, -0.2) is 23.8 Å². The van der Waals surface area contributed by atoms with Crippen LogP contribution < -0.4 is 10.6 Å². The zero-order valence-corrected chi connectivity index (χ0v) is 18.0. The molecule has 0 N–H and O–H groups in total. The van der Waals surface area contributed by atoms with Gasteiger partial charge in [-0.2, -0.15) is 0 Å². The van der Waals surface area contributed by atoms with Crippen LogP contribution in [0.2, 0.25) is 0 Å². The SMILES string of the molecule is CCOC(=O)C1=CCN(P(=O)(c2ccccc2)c2ccccc2)C1c1ccc(F)cc1. The zero-order chi connectivity index (χ0) is 21.8. The van der Waals surface area contributed by atoms with Gasteiger partial charge in [-0.1, -0.05) is 54.6 Å². The Morgan fingerprint density at radius 1 is 0.968 bits per heavy atom. The first kappa shape index (κ1) is 21.2. The Morgan fingerprint density at radius 2 is 1.52 bits per heavy atom. The van der Waals surface area contributed by atoms with Crippen LogP contribution in [0.3, 0.4) is 0 Å². The fourth-order valence-corrected chi connectivity index (χ4v) is 6.90. The second-order valence-corrected chi connectivity index (χ2v) is 9.90. The molecule has 0 bridgehead atoms. The number of halogens is 1. The molecule has 0 fully saturated rings. The van der Waals surface area contributed by atoms with Gasteiger partial charge in [-0.3, -0.25) is 4.57 Å². The topological polar surface area (TPSA) is 46.6 Å². The number of nitrogens with zero attached hydrogens (tertiary/aromatic N) is 1. The number of carbonyl (C=O) groups is 1. The van der Waals surface area contributed by atoms with Gasteiger partial charge < -0.3 is 4.74 Å². The van der Waals surface area contributed by atoms with Gasteiger partial charge in [-0.25, -0.2) is 13.9 Å². The lowest BCUT2D eigenvalue weighted by Crippen LogP contribution is -2.34. The molecule has 1 atom stereocenters. The predicted octanol–water partition coefficient (Wildman–Crippen LogP) is 4.60. The molecule has 1 heterocycles. The van der Waals surface area contributed by atoms with Crippen LogP contribution in [0, 0.1) is 5.82 Å². The van der Waals surface area contributed by atoms with Crippen molar-refractivity contribution in [2.24, 2.45) is 0 Å². The van der Waals surface area contributed by atoms with E-state index in [9.17, 15) is 13.8 Å². The van der Waals surface area contributed by atoms with E-state index >= 15 is 0 Å². The van der Waals surface area contributed by atoms with Gasteiger partial charge in [0.1, 0.15) is 5.82 Å². The van der Waals surface area contributed by atoms with Crippen molar-refractivity contribution in [1.29, 1.82) is 0 Å². The highest BCUT2D eigenvalue weighted by Crippen LogP contribution is 2.55. The summed E-state index contributed by atoms with van der Waals surface area (Å²) in [6, 6.07) is 23.9. The van der Waals surface area contributed by atoms with Crippen molar-refractivity contribution >= 4 is 23.9 Å². The van der Waals surface area contributed by atoms with Gasteiger partial charge in [0.15, 0.2) is 0 Å². The number of benzene rings is 3. The standard InChI is InChI=1S/C25H23FNO3P/c1-2-30-25(28)23-17-18-27(24(23)19-13-15-20(26)16-14-19)31(29,21-9-5-3-6-10-21)22-11-7-4-8-12-22/h3-17,24H,2,18H2,1H3. The number of hydrogen-bond acceptors (Lipinski definition) is 3. The summed E-state index contributed by atoms with van der Waals surface area (Å²) in [6.07, 6.45) is 1.77. The van der Waals surface area contributed by atoms with Gasteiger partial charge in [0.25, 0.3) is 0 Å². The van der Waals surface area contributed by atoms with Crippen molar-refractivity contribution in [2.75, 3.05) is 13.2 Å². The highest BCUT2D eigenvalue weighted by molar-refractivity contribution is 7.76. The van der Waals surface area contributed by atoms with Crippen molar-refractivity contribution in [3.05, 3.63) is 108 Å². The number of esters is 1. The second-order valence-electron chi connectivity index (χ2n) is 7.20. The van der Waals surface area contributed by atoms with Crippen LogP contribution in [0.1, 0.15) is 18.5 Å². The molecular weight excluding hydrogens is 412 g/mol. The monoisotopic (exact) mass is 435 g/mol. The normalized spacial score (nSPS) is 16.7. The highest BCUT2D eigenvalue weighted by Gasteiger charge is 2.45. The Morgan fingerprint density at radius 3 is 2.03 bits per heavy atom.